The highest BCUT2D eigenvalue weighted by Crippen LogP contribution is 2.23. The number of carbonyl (C=O) groups is 4. The molecule has 4 N–H and O–H groups in total. The predicted octanol–water partition coefficient (Wildman–Crippen LogP) is 5.53. The standard InChI is InChI=1S/C32H27N3O6S/c1-41-26-15-13-21(14-16-26)17-28(35-30(37)22-7-3-2-4-8-22)31(38)34-25-11-6-12-27(19-25)42-20-29(36)33-24-10-5-9-23(18-24)32(39)40/h2-19H,20H2,1H3,(H,33,36)(H,34,38)(H,35,37)(H,39,40)/b28-17+. The molecule has 42 heavy (non-hydrogen) atoms. The Morgan fingerprint density at radius 1 is 0.786 bits per heavy atom. The fraction of sp³-hybridized carbons (Fsp3) is 0.0625. The van der Waals surface area contributed by atoms with Crippen LogP contribution < -0.4 is 20.7 Å². The lowest BCUT2D eigenvalue weighted by Gasteiger charge is -2.12. The van der Waals surface area contributed by atoms with E-state index in [0.29, 0.717) is 28.3 Å². The number of hydrogen-bond donors (Lipinski definition) is 4. The molecule has 0 saturated carbocycles. The quantitative estimate of drug-likeness (QED) is 0.135. The SMILES string of the molecule is COc1ccc(/C=C(/NC(=O)c2ccccc2)C(=O)Nc2cccc(SCC(=O)Nc3cccc(C(=O)O)c3)c2)cc1. The van der Waals surface area contributed by atoms with Gasteiger partial charge in [-0.25, -0.2) is 4.79 Å². The molecule has 3 amide bonds. The Morgan fingerprint density at radius 2 is 1.45 bits per heavy atom. The number of ether oxygens (including phenoxy) is 1. The molecule has 4 rings (SSSR count). The monoisotopic (exact) mass is 581 g/mol. The summed E-state index contributed by atoms with van der Waals surface area (Å²) in [5.41, 5.74) is 2.04. The summed E-state index contributed by atoms with van der Waals surface area (Å²) < 4.78 is 5.19. The van der Waals surface area contributed by atoms with Crippen LogP contribution in [0.5, 0.6) is 5.75 Å². The summed E-state index contributed by atoms with van der Waals surface area (Å²) in [6.07, 6.45) is 1.57. The third kappa shape index (κ3) is 8.57. The smallest absolute Gasteiger partial charge is 0.335 e. The molecule has 4 aromatic carbocycles. The molecule has 0 saturated heterocycles. The minimum absolute atomic E-state index is 0.0371. The van der Waals surface area contributed by atoms with Crippen molar-refractivity contribution in [1.29, 1.82) is 0 Å². The second kappa shape index (κ2) is 14.3. The molecule has 0 atom stereocenters. The van der Waals surface area contributed by atoms with E-state index in [1.54, 1.807) is 104 Å². The zero-order chi connectivity index (χ0) is 29.9. The molecule has 0 unspecified atom stereocenters. The van der Waals surface area contributed by atoms with Crippen LogP contribution in [0.4, 0.5) is 11.4 Å². The Labute approximate surface area is 246 Å². The molecule has 0 heterocycles. The predicted molar refractivity (Wildman–Crippen MR) is 163 cm³/mol. The number of carboxylic acids is 1. The van der Waals surface area contributed by atoms with Gasteiger partial charge < -0.3 is 25.8 Å². The summed E-state index contributed by atoms with van der Waals surface area (Å²) in [4.78, 5) is 50.5. The van der Waals surface area contributed by atoms with E-state index in [9.17, 15) is 19.2 Å². The summed E-state index contributed by atoms with van der Waals surface area (Å²) in [5, 5.41) is 17.3. The number of methoxy groups -OCH3 is 1. The van der Waals surface area contributed by atoms with Crippen molar-refractivity contribution in [3.05, 3.63) is 126 Å². The van der Waals surface area contributed by atoms with E-state index in [4.69, 9.17) is 9.84 Å². The largest absolute Gasteiger partial charge is 0.497 e. The van der Waals surface area contributed by atoms with Crippen LogP contribution in [0.15, 0.2) is 114 Å². The van der Waals surface area contributed by atoms with E-state index in [0.717, 1.165) is 4.90 Å². The van der Waals surface area contributed by atoms with Gasteiger partial charge >= 0.3 is 5.97 Å². The third-order valence-corrected chi connectivity index (χ3v) is 6.80. The number of nitrogens with one attached hydrogen (secondary N) is 3. The molecule has 0 aliphatic rings. The van der Waals surface area contributed by atoms with E-state index in [-0.39, 0.29) is 22.9 Å². The van der Waals surface area contributed by atoms with E-state index in [1.807, 2.05) is 0 Å². The topological polar surface area (TPSA) is 134 Å². The van der Waals surface area contributed by atoms with Crippen LogP contribution in [0.25, 0.3) is 6.08 Å². The van der Waals surface area contributed by atoms with Gasteiger partial charge in [0.05, 0.1) is 18.4 Å². The zero-order valence-electron chi connectivity index (χ0n) is 22.5. The maximum atomic E-state index is 13.3. The van der Waals surface area contributed by atoms with Gasteiger partial charge in [0.15, 0.2) is 0 Å². The van der Waals surface area contributed by atoms with Gasteiger partial charge in [-0.15, -0.1) is 11.8 Å². The summed E-state index contributed by atoms with van der Waals surface area (Å²) in [7, 11) is 1.56. The van der Waals surface area contributed by atoms with Crippen LogP contribution in [0.2, 0.25) is 0 Å². The van der Waals surface area contributed by atoms with Crippen molar-refractivity contribution in [1.82, 2.24) is 5.32 Å². The highest BCUT2D eigenvalue weighted by atomic mass is 32.2. The Morgan fingerprint density at radius 3 is 2.14 bits per heavy atom. The molecule has 0 radical (unpaired) electrons. The van der Waals surface area contributed by atoms with Crippen molar-refractivity contribution in [2.45, 2.75) is 4.90 Å². The lowest BCUT2D eigenvalue weighted by atomic mass is 10.1. The second-order valence-corrected chi connectivity index (χ2v) is 9.90. The Hall–Kier alpha value is -5.35. The molecule has 0 fully saturated rings. The van der Waals surface area contributed by atoms with Crippen molar-refractivity contribution < 1.29 is 29.0 Å². The average molecular weight is 582 g/mol. The van der Waals surface area contributed by atoms with E-state index in [2.05, 4.69) is 16.0 Å². The first kappa shape index (κ1) is 29.6. The number of hydrogen-bond acceptors (Lipinski definition) is 6. The molecular weight excluding hydrogens is 554 g/mol. The summed E-state index contributed by atoms with van der Waals surface area (Å²) in [6, 6.07) is 28.5. The number of thioether (sulfide) groups is 1. The van der Waals surface area contributed by atoms with Crippen LogP contribution in [-0.2, 0) is 9.59 Å². The van der Waals surface area contributed by atoms with E-state index in [1.165, 1.54) is 23.9 Å². The molecule has 212 valence electrons. The Kier molecular flexibility index (Phi) is 10.1. The number of anilines is 2. The Bertz CT molecular complexity index is 1620. The number of amides is 3. The lowest BCUT2D eigenvalue weighted by molar-refractivity contribution is -0.114. The van der Waals surface area contributed by atoms with Gasteiger partial charge in [-0.1, -0.05) is 42.5 Å². The maximum absolute atomic E-state index is 13.3. The highest BCUT2D eigenvalue weighted by molar-refractivity contribution is 8.00. The number of rotatable bonds is 11. The minimum atomic E-state index is -1.08. The summed E-state index contributed by atoms with van der Waals surface area (Å²) >= 11 is 1.25. The lowest BCUT2D eigenvalue weighted by Crippen LogP contribution is -2.30. The molecule has 0 aromatic heterocycles. The van der Waals surface area contributed by atoms with Crippen LogP contribution in [-0.4, -0.2) is 41.7 Å². The molecule has 0 bridgehead atoms. The van der Waals surface area contributed by atoms with Gasteiger partial charge in [-0.05, 0) is 72.3 Å². The third-order valence-electron chi connectivity index (χ3n) is 5.81. The van der Waals surface area contributed by atoms with Crippen LogP contribution in [0.1, 0.15) is 26.3 Å². The molecule has 10 heteroatoms. The number of carbonyl (C=O) groups excluding carboxylic acids is 3. The van der Waals surface area contributed by atoms with Crippen molar-refractivity contribution in [3.8, 4) is 5.75 Å². The molecule has 0 spiro atoms. The molecule has 9 nitrogen and oxygen atoms in total. The fourth-order valence-corrected chi connectivity index (χ4v) is 4.50. The van der Waals surface area contributed by atoms with Crippen molar-refractivity contribution in [3.63, 3.8) is 0 Å². The van der Waals surface area contributed by atoms with Crippen LogP contribution in [0, 0.1) is 0 Å². The van der Waals surface area contributed by atoms with E-state index >= 15 is 0 Å². The first-order chi connectivity index (χ1) is 20.3. The van der Waals surface area contributed by atoms with Crippen LogP contribution >= 0.6 is 11.8 Å². The van der Waals surface area contributed by atoms with Gasteiger partial charge in [0.2, 0.25) is 5.91 Å². The molecule has 0 aliphatic heterocycles. The minimum Gasteiger partial charge on any atom is -0.497 e. The molecule has 0 aliphatic carbocycles. The Balaban J connectivity index is 1.44. The van der Waals surface area contributed by atoms with Gasteiger partial charge in [-0.2, -0.15) is 0 Å². The van der Waals surface area contributed by atoms with Crippen molar-refractivity contribution >= 4 is 52.9 Å². The number of benzene rings is 4. The summed E-state index contributed by atoms with van der Waals surface area (Å²) in [6.45, 7) is 0. The first-order valence-electron chi connectivity index (χ1n) is 12.7. The summed E-state index contributed by atoms with van der Waals surface area (Å²) in [5.74, 6) is -1.65. The molecular formula is C32H27N3O6S. The zero-order valence-corrected chi connectivity index (χ0v) is 23.3. The van der Waals surface area contributed by atoms with Crippen molar-refractivity contribution in [2.75, 3.05) is 23.5 Å². The highest BCUT2D eigenvalue weighted by Gasteiger charge is 2.16. The average Bonchev–Trinajstić information content (AvgIpc) is 3.00. The van der Waals surface area contributed by atoms with Gasteiger partial charge in [0.1, 0.15) is 11.4 Å². The normalized spacial score (nSPS) is 10.8. The van der Waals surface area contributed by atoms with Gasteiger partial charge in [0.25, 0.3) is 11.8 Å². The van der Waals surface area contributed by atoms with Gasteiger partial charge in [0, 0.05) is 21.8 Å². The maximum Gasteiger partial charge on any atom is 0.335 e. The van der Waals surface area contributed by atoms with Gasteiger partial charge in [-0.3, -0.25) is 14.4 Å². The molecule has 4 aromatic rings. The number of carboxylic acid groups (broad SMARTS) is 1. The van der Waals surface area contributed by atoms with E-state index < -0.39 is 17.8 Å². The fourth-order valence-electron chi connectivity index (χ4n) is 3.75. The van der Waals surface area contributed by atoms with Crippen LogP contribution in [0.3, 0.4) is 0 Å². The number of aromatic carboxylic acids is 1. The van der Waals surface area contributed by atoms with Crippen molar-refractivity contribution in [2.24, 2.45) is 0 Å². The second-order valence-electron chi connectivity index (χ2n) is 8.86. The first-order valence-corrected chi connectivity index (χ1v) is 13.7.